The van der Waals surface area contributed by atoms with Crippen LogP contribution in [0.4, 0.5) is 5.69 Å². The second-order valence-electron chi connectivity index (χ2n) is 10.7. The third-order valence-corrected chi connectivity index (χ3v) is 11.5. The van der Waals surface area contributed by atoms with Crippen molar-refractivity contribution in [1.29, 1.82) is 0 Å². The number of fused-ring (bicyclic) bond motifs is 5. The number of nitrogens with zero attached hydrogens (tertiary/aromatic N) is 3. The van der Waals surface area contributed by atoms with E-state index < -0.39 is 31.7 Å². The Hall–Kier alpha value is -3.66. The van der Waals surface area contributed by atoms with Gasteiger partial charge in [-0.1, -0.05) is 41.3 Å². The van der Waals surface area contributed by atoms with Gasteiger partial charge in [0, 0.05) is 41.3 Å². The Morgan fingerprint density at radius 2 is 1.71 bits per heavy atom. The minimum Gasteiger partial charge on any atom is -0.748 e. The zero-order chi connectivity index (χ0) is 31.3. The van der Waals surface area contributed by atoms with Gasteiger partial charge in [0.25, 0.3) is 5.01 Å². The Kier molecular flexibility index (Phi) is 7.74. The summed E-state index contributed by atoms with van der Waals surface area (Å²) in [7, 11) is -8.78. The average molecular weight is 681 g/mol. The van der Waals surface area contributed by atoms with Crippen molar-refractivity contribution in [2.45, 2.75) is 24.3 Å². The van der Waals surface area contributed by atoms with E-state index in [1.807, 2.05) is 64.2 Å². The van der Waals surface area contributed by atoms with Crippen LogP contribution in [0.5, 0.6) is 0 Å². The van der Waals surface area contributed by atoms with Crippen LogP contribution in [0.15, 0.2) is 93.5 Å². The van der Waals surface area contributed by atoms with Gasteiger partial charge in [-0.05, 0) is 60.3 Å². The number of aryl methyl sites for hydroxylation is 1. The Bertz CT molecular complexity index is 2340. The molecular weight excluding hydrogens is 655 g/mol. The van der Waals surface area contributed by atoms with Crippen LogP contribution in [0.2, 0.25) is 0 Å². The van der Waals surface area contributed by atoms with Crippen molar-refractivity contribution in [1.82, 2.24) is 4.57 Å². The van der Waals surface area contributed by atoms with Crippen LogP contribution in [-0.2, 0) is 26.8 Å². The maximum absolute atomic E-state index is 11.5. The molecule has 0 spiro atoms. The maximum atomic E-state index is 11.5. The molecule has 0 radical (unpaired) electrons. The molecule has 1 aliphatic heterocycles. The van der Waals surface area contributed by atoms with E-state index in [1.54, 1.807) is 6.26 Å². The van der Waals surface area contributed by atoms with E-state index in [2.05, 4.69) is 28.8 Å². The Labute approximate surface area is 267 Å². The summed E-state index contributed by atoms with van der Waals surface area (Å²) in [6.07, 6.45) is 5.90. The lowest BCUT2D eigenvalue weighted by Gasteiger charge is -2.21. The van der Waals surface area contributed by atoms with E-state index in [-0.39, 0.29) is 12.8 Å². The van der Waals surface area contributed by atoms with E-state index in [0.717, 1.165) is 52.8 Å². The predicted molar refractivity (Wildman–Crippen MR) is 175 cm³/mol. The molecule has 0 unspecified atom stereocenters. The summed E-state index contributed by atoms with van der Waals surface area (Å²) < 4.78 is 79.4. The summed E-state index contributed by atoms with van der Waals surface area (Å²) >= 11 is 3.06. The Balaban J connectivity index is 1.32. The highest BCUT2D eigenvalue weighted by Gasteiger charge is 2.29. The average Bonchev–Trinajstić information content (AvgIpc) is 3.76. The van der Waals surface area contributed by atoms with Crippen molar-refractivity contribution >= 4 is 87.2 Å². The standard InChI is InChI=1S/C31H27N3O7S4/c35-44(36,37)17-3-13-33-25-19-22(32-15-11-21-5-1-2-6-24(21)32)7-9-27(25)42-29(33)20-30-34(14-4-18-45(38,39)40)31-23-12-16-41-26(23)8-10-28(31)43-30/h1-2,5-12,15-16,19-20H,3-4,13-14,17-18H2,(H-,35,36,37,38,39,40)/p-1. The van der Waals surface area contributed by atoms with Gasteiger partial charge in [-0.3, -0.25) is 0 Å². The van der Waals surface area contributed by atoms with Crippen LogP contribution in [0.3, 0.4) is 0 Å². The van der Waals surface area contributed by atoms with Crippen LogP contribution < -0.4 is 9.47 Å². The number of para-hydroxylation sites is 1. The van der Waals surface area contributed by atoms with Crippen molar-refractivity contribution in [2.24, 2.45) is 0 Å². The first-order valence-electron chi connectivity index (χ1n) is 14.1. The van der Waals surface area contributed by atoms with Crippen molar-refractivity contribution in [3.8, 4) is 5.69 Å². The number of thioether (sulfide) groups is 1. The highest BCUT2D eigenvalue weighted by Crippen LogP contribution is 2.48. The summed E-state index contributed by atoms with van der Waals surface area (Å²) in [5.41, 5.74) is 4.47. The molecule has 0 N–H and O–H groups in total. The normalized spacial score (nSPS) is 14.8. The molecule has 0 saturated heterocycles. The van der Waals surface area contributed by atoms with Gasteiger partial charge >= 0.3 is 0 Å². The van der Waals surface area contributed by atoms with E-state index in [9.17, 15) is 25.9 Å². The summed E-state index contributed by atoms with van der Waals surface area (Å²) in [6.45, 7) is 0.594. The van der Waals surface area contributed by atoms with Gasteiger partial charge in [-0.2, -0.15) is 4.57 Å². The minimum atomic E-state index is -4.39. The SMILES string of the molecule is O=S(=O)([O-])CCCN1/C(=C/c2sc3ccc4occc4c3[n+]2CCCS(=O)(=O)[O-])Sc2ccc(-n3ccc4ccccc43)cc21. The molecule has 0 bridgehead atoms. The van der Waals surface area contributed by atoms with Crippen LogP contribution in [0.25, 0.3) is 43.9 Å². The van der Waals surface area contributed by atoms with Gasteiger partial charge in [0.1, 0.15) is 10.3 Å². The van der Waals surface area contributed by atoms with Crippen LogP contribution in [-0.4, -0.2) is 48.6 Å². The van der Waals surface area contributed by atoms with Crippen LogP contribution >= 0.6 is 23.1 Å². The fourth-order valence-corrected chi connectivity index (χ4v) is 9.05. The second kappa shape index (κ2) is 11.6. The lowest BCUT2D eigenvalue weighted by molar-refractivity contribution is -0.667. The summed E-state index contributed by atoms with van der Waals surface area (Å²) in [6, 6.07) is 22.0. The Morgan fingerprint density at radius 1 is 0.911 bits per heavy atom. The lowest BCUT2D eigenvalue weighted by atomic mass is 10.2. The number of anilines is 1. The zero-order valence-corrected chi connectivity index (χ0v) is 26.9. The van der Waals surface area contributed by atoms with Crippen molar-refractivity contribution < 1.29 is 34.9 Å². The molecule has 4 heterocycles. The zero-order valence-electron chi connectivity index (χ0n) is 23.7. The summed E-state index contributed by atoms with van der Waals surface area (Å²) in [4.78, 5) is 3.01. The first-order chi connectivity index (χ1) is 21.5. The molecule has 14 heteroatoms. The number of hydrogen-bond acceptors (Lipinski definition) is 10. The van der Waals surface area contributed by atoms with E-state index in [1.165, 1.54) is 23.1 Å². The van der Waals surface area contributed by atoms with Crippen molar-refractivity contribution in [3.63, 3.8) is 0 Å². The molecular formula is C31H26N3O7S4-. The molecule has 0 atom stereocenters. The molecule has 45 heavy (non-hydrogen) atoms. The Morgan fingerprint density at radius 3 is 2.53 bits per heavy atom. The number of rotatable bonds is 10. The molecule has 3 aromatic carbocycles. The smallest absolute Gasteiger partial charge is 0.265 e. The largest absolute Gasteiger partial charge is 0.748 e. The highest BCUT2D eigenvalue weighted by molar-refractivity contribution is 8.04. The van der Waals surface area contributed by atoms with Gasteiger partial charge in [0.2, 0.25) is 5.52 Å². The van der Waals surface area contributed by atoms with Gasteiger partial charge in [-0.15, -0.1) is 0 Å². The molecule has 6 aromatic rings. The van der Waals surface area contributed by atoms with Gasteiger partial charge in [0.05, 0.1) is 54.2 Å². The molecule has 0 amide bonds. The van der Waals surface area contributed by atoms with Crippen molar-refractivity contribution in [3.05, 3.63) is 89.2 Å². The molecule has 0 fully saturated rings. The fraction of sp³-hybridized carbons (Fsp3) is 0.194. The maximum Gasteiger partial charge on any atom is 0.265 e. The lowest BCUT2D eigenvalue weighted by Crippen LogP contribution is -2.36. The number of hydrogen-bond donors (Lipinski definition) is 0. The molecule has 0 saturated carbocycles. The summed E-state index contributed by atoms with van der Waals surface area (Å²) in [5.74, 6) is -0.967. The molecule has 10 nitrogen and oxygen atoms in total. The first kappa shape index (κ1) is 30.0. The quantitative estimate of drug-likeness (QED) is 0.132. The highest BCUT2D eigenvalue weighted by atomic mass is 32.2. The third-order valence-electron chi connectivity index (χ3n) is 7.71. The predicted octanol–water partition coefficient (Wildman–Crippen LogP) is 5.66. The fourth-order valence-electron chi connectivity index (χ4n) is 5.77. The van der Waals surface area contributed by atoms with Crippen LogP contribution in [0.1, 0.15) is 17.8 Å². The molecule has 7 rings (SSSR count). The number of benzene rings is 3. The second-order valence-corrected chi connectivity index (χ2v) is 15.9. The monoisotopic (exact) mass is 680 g/mol. The molecule has 232 valence electrons. The third kappa shape index (κ3) is 6.13. The molecule has 3 aromatic heterocycles. The van der Waals surface area contributed by atoms with Crippen molar-refractivity contribution in [2.75, 3.05) is 23.0 Å². The summed E-state index contributed by atoms with van der Waals surface area (Å²) in [5, 5.41) is 3.65. The van der Waals surface area contributed by atoms with Gasteiger partial charge < -0.3 is 23.0 Å². The van der Waals surface area contributed by atoms with Gasteiger partial charge in [0.15, 0.2) is 6.54 Å². The number of aromatic nitrogens is 2. The van der Waals surface area contributed by atoms with E-state index >= 15 is 0 Å². The molecule has 1 aliphatic rings. The van der Waals surface area contributed by atoms with Gasteiger partial charge in [-0.25, -0.2) is 16.8 Å². The first-order valence-corrected chi connectivity index (χ1v) is 18.9. The van der Waals surface area contributed by atoms with E-state index in [4.69, 9.17) is 4.42 Å². The number of furan rings is 1. The van der Waals surface area contributed by atoms with E-state index in [0.29, 0.717) is 18.7 Å². The number of thiazole rings is 1. The topological polar surface area (TPSA) is 140 Å². The van der Waals surface area contributed by atoms with Crippen LogP contribution in [0, 0.1) is 0 Å². The minimum absolute atomic E-state index is 0.138. The molecule has 0 aliphatic carbocycles.